The van der Waals surface area contributed by atoms with E-state index in [9.17, 15) is 9.90 Å². The van der Waals surface area contributed by atoms with E-state index < -0.39 is 11.6 Å². The summed E-state index contributed by atoms with van der Waals surface area (Å²) in [4.78, 5) is 11.7. The molecule has 0 radical (unpaired) electrons. The molecule has 0 fully saturated rings. The van der Waals surface area contributed by atoms with Crippen molar-refractivity contribution in [1.29, 1.82) is 0 Å². The van der Waals surface area contributed by atoms with Gasteiger partial charge in [0, 0.05) is 5.75 Å². The van der Waals surface area contributed by atoms with E-state index in [0.29, 0.717) is 5.75 Å². The molecule has 0 heterocycles. The van der Waals surface area contributed by atoms with Crippen LogP contribution < -0.4 is 5.32 Å². The molecule has 0 saturated carbocycles. The first kappa shape index (κ1) is 15.1. The molecule has 100 valence electrons. The van der Waals surface area contributed by atoms with Crippen molar-refractivity contribution < 1.29 is 9.90 Å². The van der Waals surface area contributed by atoms with Gasteiger partial charge in [-0.05, 0) is 26.3 Å². The highest BCUT2D eigenvalue weighted by Crippen LogP contribution is 2.13. The van der Waals surface area contributed by atoms with Gasteiger partial charge in [0.15, 0.2) is 0 Å². The number of amides is 1. The fraction of sp³-hybridized carbons (Fsp3) is 0.500. The second kappa shape index (κ2) is 6.81. The standard InChI is InChI=1S/C14H21NO2S/c1-11(16)14(2,3)15-13(17)10-18-9-12-7-5-4-6-8-12/h4-8,11,16H,9-10H2,1-3H3,(H,15,17). The van der Waals surface area contributed by atoms with Crippen LogP contribution in [0.5, 0.6) is 0 Å². The predicted octanol–water partition coefficient (Wildman–Crippen LogP) is 2.20. The van der Waals surface area contributed by atoms with Crippen LogP contribution in [-0.2, 0) is 10.5 Å². The lowest BCUT2D eigenvalue weighted by Gasteiger charge is -2.29. The Labute approximate surface area is 113 Å². The van der Waals surface area contributed by atoms with Crippen LogP contribution in [0.3, 0.4) is 0 Å². The summed E-state index contributed by atoms with van der Waals surface area (Å²) in [6.45, 7) is 5.31. The zero-order valence-corrected chi connectivity index (χ0v) is 12.0. The van der Waals surface area contributed by atoms with E-state index in [-0.39, 0.29) is 5.91 Å². The fourth-order valence-corrected chi connectivity index (χ4v) is 2.12. The first-order valence-corrected chi connectivity index (χ1v) is 7.18. The Hall–Kier alpha value is -1.00. The second-order valence-corrected chi connectivity index (χ2v) is 5.91. The van der Waals surface area contributed by atoms with E-state index in [2.05, 4.69) is 5.32 Å². The Morgan fingerprint density at radius 3 is 2.56 bits per heavy atom. The molecule has 1 rings (SSSR count). The van der Waals surface area contributed by atoms with Crippen molar-refractivity contribution in [3.05, 3.63) is 35.9 Å². The molecule has 18 heavy (non-hydrogen) atoms. The van der Waals surface area contributed by atoms with Crippen molar-refractivity contribution in [3.63, 3.8) is 0 Å². The topological polar surface area (TPSA) is 49.3 Å². The zero-order chi connectivity index (χ0) is 13.6. The molecule has 0 aliphatic rings. The molecule has 2 N–H and O–H groups in total. The van der Waals surface area contributed by atoms with E-state index in [4.69, 9.17) is 0 Å². The third kappa shape index (κ3) is 5.10. The molecule has 0 aliphatic heterocycles. The molecule has 1 amide bonds. The van der Waals surface area contributed by atoms with Gasteiger partial charge in [0.2, 0.25) is 5.91 Å². The van der Waals surface area contributed by atoms with Gasteiger partial charge >= 0.3 is 0 Å². The molecule has 4 heteroatoms. The van der Waals surface area contributed by atoms with E-state index in [1.54, 1.807) is 18.7 Å². The molecule has 0 spiro atoms. The van der Waals surface area contributed by atoms with Crippen LogP contribution >= 0.6 is 11.8 Å². The number of benzene rings is 1. The molecule has 0 bridgehead atoms. The van der Waals surface area contributed by atoms with Crippen LogP contribution in [-0.4, -0.2) is 28.4 Å². The Morgan fingerprint density at radius 1 is 1.39 bits per heavy atom. The summed E-state index contributed by atoms with van der Waals surface area (Å²) >= 11 is 1.57. The van der Waals surface area contributed by atoms with E-state index in [0.717, 1.165) is 5.75 Å². The fourth-order valence-electron chi connectivity index (χ4n) is 1.34. The summed E-state index contributed by atoms with van der Waals surface area (Å²) in [5.74, 6) is 1.19. The summed E-state index contributed by atoms with van der Waals surface area (Å²) in [5, 5.41) is 12.3. The zero-order valence-electron chi connectivity index (χ0n) is 11.1. The van der Waals surface area contributed by atoms with Gasteiger partial charge in [0.05, 0.1) is 17.4 Å². The molecule has 3 nitrogen and oxygen atoms in total. The lowest BCUT2D eigenvalue weighted by molar-refractivity contribution is -0.121. The maximum absolute atomic E-state index is 11.7. The monoisotopic (exact) mass is 267 g/mol. The first-order chi connectivity index (χ1) is 8.42. The molecule has 0 aliphatic carbocycles. The number of rotatable bonds is 6. The SMILES string of the molecule is CC(O)C(C)(C)NC(=O)CSCc1ccccc1. The quantitative estimate of drug-likeness (QED) is 0.830. The van der Waals surface area contributed by atoms with Crippen LogP contribution in [0.4, 0.5) is 0 Å². The van der Waals surface area contributed by atoms with Crippen LogP contribution in [0.2, 0.25) is 0 Å². The average Bonchev–Trinajstić information content (AvgIpc) is 2.29. The Kier molecular flexibility index (Phi) is 5.69. The van der Waals surface area contributed by atoms with E-state index in [1.165, 1.54) is 5.56 Å². The molecule has 1 aromatic rings. The number of nitrogens with one attached hydrogen (secondary N) is 1. The van der Waals surface area contributed by atoms with Gasteiger partial charge in [-0.1, -0.05) is 30.3 Å². The van der Waals surface area contributed by atoms with Crippen molar-refractivity contribution in [1.82, 2.24) is 5.32 Å². The summed E-state index contributed by atoms with van der Waals surface area (Å²) in [6, 6.07) is 10.1. The minimum Gasteiger partial charge on any atom is -0.391 e. The Bertz CT molecular complexity index is 377. The van der Waals surface area contributed by atoms with E-state index >= 15 is 0 Å². The Balaban J connectivity index is 2.30. The molecular weight excluding hydrogens is 246 g/mol. The molecule has 0 saturated heterocycles. The second-order valence-electron chi connectivity index (χ2n) is 4.92. The maximum atomic E-state index is 11.7. The molecule has 1 unspecified atom stereocenters. The highest BCUT2D eigenvalue weighted by molar-refractivity contribution is 7.99. The maximum Gasteiger partial charge on any atom is 0.230 e. The largest absolute Gasteiger partial charge is 0.391 e. The minimum atomic E-state index is -0.579. The first-order valence-electron chi connectivity index (χ1n) is 6.02. The molecule has 1 aromatic carbocycles. The van der Waals surface area contributed by atoms with Crippen molar-refractivity contribution in [3.8, 4) is 0 Å². The van der Waals surface area contributed by atoms with Crippen molar-refractivity contribution >= 4 is 17.7 Å². The molecular formula is C14H21NO2S. The normalized spacial score (nSPS) is 13.1. The van der Waals surface area contributed by atoms with Crippen molar-refractivity contribution in [2.24, 2.45) is 0 Å². The Morgan fingerprint density at radius 2 is 2.00 bits per heavy atom. The number of thioether (sulfide) groups is 1. The summed E-state index contributed by atoms with van der Waals surface area (Å²) in [7, 11) is 0. The molecule has 1 atom stereocenters. The van der Waals surface area contributed by atoms with Crippen molar-refractivity contribution in [2.45, 2.75) is 38.2 Å². The van der Waals surface area contributed by atoms with Crippen LogP contribution in [0.25, 0.3) is 0 Å². The van der Waals surface area contributed by atoms with Gasteiger partial charge in [-0.25, -0.2) is 0 Å². The van der Waals surface area contributed by atoms with Crippen molar-refractivity contribution in [2.75, 3.05) is 5.75 Å². The smallest absolute Gasteiger partial charge is 0.230 e. The van der Waals surface area contributed by atoms with Crippen LogP contribution in [0.15, 0.2) is 30.3 Å². The number of carbonyl (C=O) groups is 1. The third-order valence-electron chi connectivity index (χ3n) is 2.85. The van der Waals surface area contributed by atoms with Gasteiger partial charge in [-0.3, -0.25) is 4.79 Å². The summed E-state index contributed by atoms with van der Waals surface area (Å²) in [6.07, 6.45) is -0.569. The third-order valence-corrected chi connectivity index (χ3v) is 3.85. The van der Waals surface area contributed by atoms with Gasteiger partial charge < -0.3 is 10.4 Å². The number of aliphatic hydroxyl groups excluding tert-OH is 1. The number of hydrogen-bond donors (Lipinski definition) is 2. The lowest BCUT2D eigenvalue weighted by atomic mass is 9.99. The van der Waals surface area contributed by atoms with E-state index in [1.807, 2.05) is 44.2 Å². The summed E-state index contributed by atoms with van der Waals surface area (Å²) < 4.78 is 0. The minimum absolute atomic E-state index is 0.0400. The highest BCUT2D eigenvalue weighted by Gasteiger charge is 2.25. The van der Waals surface area contributed by atoms with Gasteiger partial charge in [0.1, 0.15) is 0 Å². The number of carbonyl (C=O) groups excluding carboxylic acids is 1. The van der Waals surface area contributed by atoms with Crippen LogP contribution in [0.1, 0.15) is 26.3 Å². The molecule has 0 aromatic heterocycles. The van der Waals surface area contributed by atoms with Gasteiger partial charge in [0.25, 0.3) is 0 Å². The van der Waals surface area contributed by atoms with Crippen LogP contribution in [0, 0.1) is 0 Å². The summed E-state index contributed by atoms with van der Waals surface area (Å²) in [5.41, 5.74) is 0.634. The average molecular weight is 267 g/mol. The predicted molar refractivity (Wildman–Crippen MR) is 76.5 cm³/mol. The number of aliphatic hydroxyl groups is 1. The van der Waals surface area contributed by atoms with Gasteiger partial charge in [-0.15, -0.1) is 11.8 Å². The lowest BCUT2D eigenvalue weighted by Crippen LogP contribution is -2.51. The highest BCUT2D eigenvalue weighted by atomic mass is 32.2. The number of hydrogen-bond acceptors (Lipinski definition) is 3. The van der Waals surface area contributed by atoms with Gasteiger partial charge in [-0.2, -0.15) is 0 Å².